The molecule has 0 radical (unpaired) electrons. The highest BCUT2D eigenvalue weighted by molar-refractivity contribution is 4.88. The maximum Gasteiger partial charge on any atom is 0.166 e. The van der Waals surface area contributed by atoms with Crippen molar-refractivity contribution in [3.8, 4) is 0 Å². The van der Waals surface area contributed by atoms with E-state index in [9.17, 15) is 0 Å². The Bertz CT molecular complexity index is 227. The van der Waals surface area contributed by atoms with Gasteiger partial charge in [0, 0.05) is 4.91 Å². The zero-order valence-corrected chi connectivity index (χ0v) is 6.88. The van der Waals surface area contributed by atoms with E-state index in [-0.39, 0.29) is 18.4 Å². The number of fused-ring (bicyclic) bond motifs is 2. The van der Waals surface area contributed by atoms with Crippen molar-refractivity contribution in [3.05, 3.63) is 10.4 Å². The molecule has 2 fully saturated rings. The van der Waals surface area contributed by atoms with Crippen molar-refractivity contribution in [2.45, 2.75) is 31.8 Å². The van der Waals surface area contributed by atoms with E-state index in [0.717, 1.165) is 6.42 Å². The van der Waals surface area contributed by atoms with Gasteiger partial charge in [-0.1, -0.05) is 12.0 Å². The van der Waals surface area contributed by atoms with Crippen molar-refractivity contribution >= 4 is 0 Å². The van der Waals surface area contributed by atoms with Crippen LogP contribution >= 0.6 is 0 Å². The Morgan fingerprint density at radius 3 is 3.17 bits per heavy atom. The van der Waals surface area contributed by atoms with Crippen LogP contribution in [0.15, 0.2) is 5.11 Å². The fourth-order valence-corrected chi connectivity index (χ4v) is 1.82. The lowest BCUT2D eigenvalue weighted by Crippen LogP contribution is -2.37. The van der Waals surface area contributed by atoms with Gasteiger partial charge < -0.3 is 9.47 Å². The van der Waals surface area contributed by atoms with Gasteiger partial charge in [-0.2, -0.15) is 0 Å². The van der Waals surface area contributed by atoms with Crippen LogP contribution < -0.4 is 0 Å². The van der Waals surface area contributed by atoms with Gasteiger partial charge in [0.15, 0.2) is 6.29 Å². The number of azide groups is 1. The van der Waals surface area contributed by atoms with Gasteiger partial charge in [0.05, 0.1) is 18.8 Å². The quantitative estimate of drug-likeness (QED) is 0.338. The number of rotatable bonds is 1. The number of hydrogen-bond donors (Lipinski definition) is 0. The molecule has 2 aliphatic rings. The van der Waals surface area contributed by atoms with Crippen molar-refractivity contribution in [1.29, 1.82) is 0 Å². The average molecular weight is 169 g/mol. The molecule has 0 aromatic heterocycles. The molecule has 0 spiro atoms. The van der Waals surface area contributed by atoms with E-state index in [4.69, 9.17) is 15.0 Å². The lowest BCUT2D eigenvalue weighted by atomic mass is 9.94. The summed E-state index contributed by atoms with van der Waals surface area (Å²) >= 11 is 0. The van der Waals surface area contributed by atoms with Crippen LogP contribution in [0.4, 0.5) is 0 Å². The molecule has 5 nitrogen and oxygen atoms in total. The first-order chi connectivity index (χ1) is 5.81. The van der Waals surface area contributed by atoms with Crippen molar-refractivity contribution < 1.29 is 9.47 Å². The Morgan fingerprint density at radius 2 is 2.42 bits per heavy atom. The molecule has 0 amide bonds. The molecule has 2 bridgehead atoms. The minimum absolute atomic E-state index is 0.145. The monoisotopic (exact) mass is 169 g/mol. The standard InChI is InChI=1S/C7H11N3O2/c1-4-2-5-3-11-7(12-5)6(4)9-10-8/h4-7H,2-3H2,1H3/t4-,5?,6?,7-/m1/s1. The van der Waals surface area contributed by atoms with Crippen molar-refractivity contribution in [3.63, 3.8) is 0 Å². The summed E-state index contributed by atoms with van der Waals surface area (Å²) in [6.07, 6.45) is 0.852. The highest BCUT2D eigenvalue weighted by Crippen LogP contribution is 2.33. The van der Waals surface area contributed by atoms with Crippen LogP contribution in [0.2, 0.25) is 0 Å². The van der Waals surface area contributed by atoms with Gasteiger partial charge in [-0.05, 0) is 17.9 Å². The van der Waals surface area contributed by atoms with Gasteiger partial charge in [0.25, 0.3) is 0 Å². The number of hydrogen-bond acceptors (Lipinski definition) is 3. The van der Waals surface area contributed by atoms with Crippen LogP contribution in [0, 0.1) is 5.92 Å². The molecule has 2 rings (SSSR count). The van der Waals surface area contributed by atoms with E-state index in [1.807, 2.05) is 0 Å². The van der Waals surface area contributed by atoms with Crippen LogP contribution in [0.1, 0.15) is 13.3 Å². The third-order valence-electron chi connectivity index (χ3n) is 2.45. The Hall–Kier alpha value is -0.770. The highest BCUT2D eigenvalue weighted by Gasteiger charge is 2.41. The van der Waals surface area contributed by atoms with E-state index in [2.05, 4.69) is 16.9 Å². The summed E-state index contributed by atoms with van der Waals surface area (Å²) in [5, 5.41) is 3.67. The first-order valence-electron chi connectivity index (χ1n) is 4.12. The zero-order chi connectivity index (χ0) is 8.55. The smallest absolute Gasteiger partial charge is 0.166 e. The Labute approximate surface area is 70.3 Å². The Morgan fingerprint density at radius 1 is 1.58 bits per heavy atom. The normalized spacial score (nSPS) is 45.4. The minimum atomic E-state index is -0.297. The van der Waals surface area contributed by atoms with Crippen LogP contribution in [0.25, 0.3) is 10.4 Å². The van der Waals surface area contributed by atoms with E-state index in [1.165, 1.54) is 0 Å². The molecule has 4 atom stereocenters. The molecular weight excluding hydrogens is 158 g/mol. The number of ether oxygens (including phenoxy) is 2. The molecule has 0 aliphatic carbocycles. The number of nitrogens with zero attached hydrogens (tertiary/aromatic N) is 3. The predicted octanol–water partition coefficient (Wildman–Crippen LogP) is 1.45. The molecule has 2 unspecified atom stereocenters. The molecule has 2 aliphatic heterocycles. The van der Waals surface area contributed by atoms with Crippen LogP contribution in [0.3, 0.4) is 0 Å². The van der Waals surface area contributed by atoms with Crippen LogP contribution in [-0.4, -0.2) is 25.0 Å². The molecule has 0 saturated carbocycles. The van der Waals surface area contributed by atoms with Gasteiger partial charge in [-0.25, -0.2) is 0 Å². The lowest BCUT2D eigenvalue weighted by Gasteiger charge is -2.29. The summed E-state index contributed by atoms with van der Waals surface area (Å²) in [4.78, 5) is 2.79. The van der Waals surface area contributed by atoms with E-state index >= 15 is 0 Å². The largest absolute Gasteiger partial charge is 0.350 e. The topological polar surface area (TPSA) is 67.2 Å². The van der Waals surface area contributed by atoms with E-state index in [1.54, 1.807) is 0 Å². The first-order valence-corrected chi connectivity index (χ1v) is 4.12. The van der Waals surface area contributed by atoms with Crippen molar-refractivity contribution in [2.75, 3.05) is 6.61 Å². The van der Waals surface area contributed by atoms with Crippen LogP contribution in [-0.2, 0) is 9.47 Å². The SMILES string of the molecule is C[C@@H]1CC2CO[C@H](O2)C1N=[N+]=[N-]. The third-order valence-corrected chi connectivity index (χ3v) is 2.45. The summed E-state index contributed by atoms with van der Waals surface area (Å²) in [5.41, 5.74) is 8.31. The first kappa shape index (κ1) is 7.86. The van der Waals surface area contributed by atoms with Gasteiger partial charge in [-0.15, -0.1) is 0 Å². The maximum atomic E-state index is 8.31. The average Bonchev–Trinajstić information content (AvgIpc) is 2.43. The van der Waals surface area contributed by atoms with Gasteiger partial charge in [0.2, 0.25) is 0 Å². The second-order valence-electron chi connectivity index (χ2n) is 3.37. The third kappa shape index (κ3) is 1.16. The lowest BCUT2D eigenvalue weighted by molar-refractivity contribution is -0.109. The highest BCUT2D eigenvalue weighted by atomic mass is 16.7. The summed E-state index contributed by atoms with van der Waals surface area (Å²) in [6, 6.07) is -0.145. The molecule has 2 heterocycles. The molecule has 0 N–H and O–H groups in total. The van der Waals surface area contributed by atoms with Crippen molar-refractivity contribution in [2.24, 2.45) is 11.0 Å². The molecule has 0 aromatic carbocycles. The van der Waals surface area contributed by atoms with Crippen molar-refractivity contribution in [1.82, 2.24) is 0 Å². The molecule has 66 valence electrons. The fourth-order valence-electron chi connectivity index (χ4n) is 1.82. The zero-order valence-electron chi connectivity index (χ0n) is 6.88. The van der Waals surface area contributed by atoms with Gasteiger partial charge in [0.1, 0.15) is 0 Å². The van der Waals surface area contributed by atoms with Gasteiger partial charge in [-0.3, -0.25) is 0 Å². The summed E-state index contributed by atoms with van der Waals surface area (Å²) in [6.45, 7) is 2.71. The van der Waals surface area contributed by atoms with Gasteiger partial charge >= 0.3 is 0 Å². The summed E-state index contributed by atoms with van der Waals surface area (Å²) in [7, 11) is 0. The minimum Gasteiger partial charge on any atom is -0.350 e. The molecular formula is C7H11N3O2. The maximum absolute atomic E-state index is 8.31. The van der Waals surface area contributed by atoms with E-state index < -0.39 is 0 Å². The molecule has 12 heavy (non-hydrogen) atoms. The van der Waals surface area contributed by atoms with Crippen LogP contribution in [0.5, 0.6) is 0 Å². The molecule has 0 aromatic rings. The molecule has 5 heteroatoms. The Kier molecular flexibility index (Phi) is 1.92. The second-order valence-corrected chi connectivity index (χ2v) is 3.37. The fraction of sp³-hybridized carbons (Fsp3) is 1.00. The summed E-state index contributed by atoms with van der Waals surface area (Å²) < 4.78 is 10.8. The molecule has 2 saturated heterocycles. The van der Waals surface area contributed by atoms with E-state index in [0.29, 0.717) is 12.5 Å². The Balaban J connectivity index is 2.14. The second kappa shape index (κ2) is 2.94. The summed E-state index contributed by atoms with van der Waals surface area (Å²) in [5.74, 6) is 0.368. The predicted molar refractivity (Wildman–Crippen MR) is 41.3 cm³/mol.